The van der Waals surface area contributed by atoms with Crippen molar-refractivity contribution < 1.29 is 14.3 Å². The Bertz CT molecular complexity index is 855. The quantitative estimate of drug-likeness (QED) is 0.830. The van der Waals surface area contributed by atoms with E-state index >= 15 is 0 Å². The molecule has 7 nitrogen and oxygen atoms in total. The third kappa shape index (κ3) is 3.54. The summed E-state index contributed by atoms with van der Waals surface area (Å²) in [4.78, 5) is 29.2. The Hall–Kier alpha value is -2.83. The molecule has 142 valence electrons. The second-order valence-electron chi connectivity index (χ2n) is 7.07. The van der Waals surface area contributed by atoms with Gasteiger partial charge in [-0.1, -0.05) is 12.1 Å². The van der Waals surface area contributed by atoms with Crippen molar-refractivity contribution in [3.8, 4) is 5.75 Å². The zero-order valence-corrected chi connectivity index (χ0v) is 15.6. The van der Waals surface area contributed by atoms with Crippen molar-refractivity contribution in [3.05, 3.63) is 47.3 Å². The second kappa shape index (κ2) is 7.42. The maximum absolute atomic E-state index is 12.9. The maximum Gasteiger partial charge on any atom is 0.274 e. The highest BCUT2D eigenvalue weighted by atomic mass is 16.5. The summed E-state index contributed by atoms with van der Waals surface area (Å²) in [5.41, 5.74) is 1.88. The molecule has 0 spiro atoms. The van der Waals surface area contributed by atoms with Crippen LogP contribution in [0.4, 0.5) is 0 Å². The van der Waals surface area contributed by atoms with E-state index in [1.807, 2.05) is 29.2 Å². The Morgan fingerprint density at radius 1 is 1.11 bits per heavy atom. The van der Waals surface area contributed by atoms with Gasteiger partial charge in [0.25, 0.3) is 11.8 Å². The van der Waals surface area contributed by atoms with Gasteiger partial charge >= 0.3 is 0 Å². The minimum Gasteiger partial charge on any atom is -0.497 e. The summed E-state index contributed by atoms with van der Waals surface area (Å²) in [5, 5.41) is 4.40. The first-order valence-electron chi connectivity index (χ1n) is 9.45. The zero-order valence-electron chi connectivity index (χ0n) is 15.6. The molecule has 7 heteroatoms. The lowest BCUT2D eigenvalue weighted by Crippen LogP contribution is -2.39. The van der Waals surface area contributed by atoms with Crippen LogP contribution in [0.2, 0.25) is 0 Å². The topological polar surface area (TPSA) is 67.7 Å². The minimum atomic E-state index is -0.0886. The summed E-state index contributed by atoms with van der Waals surface area (Å²) in [6, 6.07) is 9.37. The molecule has 0 aliphatic carbocycles. The first kappa shape index (κ1) is 17.6. The van der Waals surface area contributed by atoms with Crippen molar-refractivity contribution >= 4 is 11.8 Å². The fraction of sp³-hybridized carbons (Fsp3) is 0.450. The number of ether oxygens (including phenoxy) is 1. The van der Waals surface area contributed by atoms with Crippen LogP contribution in [0.3, 0.4) is 0 Å². The van der Waals surface area contributed by atoms with Gasteiger partial charge in [0.2, 0.25) is 0 Å². The molecular weight excluding hydrogens is 344 g/mol. The Morgan fingerprint density at radius 3 is 2.70 bits per heavy atom. The fourth-order valence-corrected chi connectivity index (χ4v) is 3.74. The number of benzene rings is 1. The van der Waals surface area contributed by atoms with Crippen LogP contribution in [-0.4, -0.2) is 58.1 Å². The lowest BCUT2D eigenvalue weighted by atomic mass is 10.1. The van der Waals surface area contributed by atoms with Gasteiger partial charge in [0.05, 0.1) is 13.7 Å². The molecule has 4 rings (SSSR count). The Labute approximate surface area is 158 Å². The summed E-state index contributed by atoms with van der Waals surface area (Å²) < 4.78 is 6.92. The Balaban J connectivity index is 1.50. The Morgan fingerprint density at radius 2 is 1.93 bits per heavy atom. The van der Waals surface area contributed by atoms with Gasteiger partial charge in [0.15, 0.2) is 5.69 Å². The number of rotatable bonds is 4. The molecule has 0 N–H and O–H groups in total. The van der Waals surface area contributed by atoms with Gasteiger partial charge < -0.3 is 14.5 Å². The number of amides is 2. The smallest absolute Gasteiger partial charge is 0.274 e. The molecule has 1 aromatic carbocycles. The van der Waals surface area contributed by atoms with E-state index in [2.05, 4.69) is 5.10 Å². The predicted octanol–water partition coefficient (Wildman–Crippen LogP) is 2.17. The summed E-state index contributed by atoms with van der Waals surface area (Å²) in [7, 11) is 1.63. The van der Waals surface area contributed by atoms with E-state index in [-0.39, 0.29) is 11.8 Å². The molecule has 0 radical (unpaired) electrons. The first-order valence-corrected chi connectivity index (χ1v) is 9.45. The largest absolute Gasteiger partial charge is 0.497 e. The SMILES string of the molecule is COc1cccc(CN2CCn3nc(C(=O)N4CCCCC4)cc3C2=O)c1. The van der Waals surface area contributed by atoms with E-state index in [4.69, 9.17) is 4.74 Å². The van der Waals surface area contributed by atoms with Crippen LogP contribution < -0.4 is 4.74 Å². The summed E-state index contributed by atoms with van der Waals surface area (Å²) in [5.74, 6) is 0.620. The van der Waals surface area contributed by atoms with Crippen molar-refractivity contribution in [2.24, 2.45) is 0 Å². The molecule has 1 fully saturated rings. The van der Waals surface area contributed by atoms with Gasteiger partial charge in [-0.15, -0.1) is 0 Å². The number of hydrogen-bond acceptors (Lipinski definition) is 4. The van der Waals surface area contributed by atoms with Gasteiger partial charge in [-0.2, -0.15) is 5.10 Å². The number of piperidine rings is 1. The van der Waals surface area contributed by atoms with Gasteiger partial charge in [-0.3, -0.25) is 14.3 Å². The van der Waals surface area contributed by atoms with Crippen molar-refractivity contribution in [2.45, 2.75) is 32.4 Å². The molecule has 2 aromatic rings. The number of methoxy groups -OCH3 is 1. The normalized spacial score (nSPS) is 17.0. The molecule has 2 amide bonds. The summed E-state index contributed by atoms with van der Waals surface area (Å²) >= 11 is 0. The highest BCUT2D eigenvalue weighted by molar-refractivity contribution is 5.98. The molecule has 2 aliphatic rings. The predicted molar refractivity (Wildman–Crippen MR) is 99.7 cm³/mol. The average Bonchev–Trinajstić information content (AvgIpc) is 3.15. The van der Waals surface area contributed by atoms with Crippen LogP contribution in [0.25, 0.3) is 0 Å². The molecule has 1 aromatic heterocycles. The highest BCUT2D eigenvalue weighted by Crippen LogP contribution is 2.20. The third-order valence-corrected chi connectivity index (χ3v) is 5.24. The van der Waals surface area contributed by atoms with E-state index in [0.29, 0.717) is 31.0 Å². The standard InChI is InChI=1S/C20H24N4O3/c1-27-16-7-5-6-15(12-16)14-23-10-11-24-18(20(23)26)13-17(21-24)19(25)22-8-3-2-4-9-22/h5-7,12-13H,2-4,8-11,14H2,1H3. The molecule has 1 saturated heterocycles. The lowest BCUT2D eigenvalue weighted by Gasteiger charge is -2.27. The summed E-state index contributed by atoms with van der Waals surface area (Å²) in [6.07, 6.45) is 3.24. The van der Waals surface area contributed by atoms with Gasteiger partial charge in [0.1, 0.15) is 11.4 Å². The van der Waals surface area contributed by atoms with Crippen LogP contribution in [-0.2, 0) is 13.1 Å². The van der Waals surface area contributed by atoms with Gasteiger partial charge in [-0.05, 0) is 37.0 Å². The molecule has 27 heavy (non-hydrogen) atoms. The van der Waals surface area contributed by atoms with E-state index in [9.17, 15) is 9.59 Å². The minimum absolute atomic E-state index is 0.0660. The first-order chi connectivity index (χ1) is 13.2. The number of hydrogen-bond donors (Lipinski definition) is 0. The number of likely N-dealkylation sites (tertiary alicyclic amines) is 1. The highest BCUT2D eigenvalue weighted by Gasteiger charge is 2.29. The van der Waals surface area contributed by atoms with Crippen molar-refractivity contribution in [1.82, 2.24) is 19.6 Å². The number of carbonyl (C=O) groups excluding carboxylic acids is 2. The molecule has 0 unspecified atom stereocenters. The van der Waals surface area contributed by atoms with Crippen molar-refractivity contribution in [3.63, 3.8) is 0 Å². The fourth-order valence-electron chi connectivity index (χ4n) is 3.74. The molecule has 0 atom stereocenters. The molecule has 0 saturated carbocycles. The molecule has 3 heterocycles. The monoisotopic (exact) mass is 368 g/mol. The number of nitrogens with zero attached hydrogens (tertiary/aromatic N) is 4. The Kier molecular flexibility index (Phi) is 4.83. The third-order valence-electron chi connectivity index (χ3n) is 5.24. The summed E-state index contributed by atoms with van der Waals surface area (Å²) in [6.45, 7) is 3.23. The van der Waals surface area contributed by atoms with Crippen molar-refractivity contribution in [2.75, 3.05) is 26.7 Å². The molecular formula is C20H24N4O3. The lowest BCUT2D eigenvalue weighted by molar-refractivity contribution is 0.0678. The van der Waals surface area contributed by atoms with Gasteiger partial charge in [0, 0.05) is 32.2 Å². The second-order valence-corrected chi connectivity index (χ2v) is 7.07. The van der Waals surface area contributed by atoms with E-state index < -0.39 is 0 Å². The van der Waals surface area contributed by atoms with E-state index in [0.717, 1.165) is 37.2 Å². The van der Waals surface area contributed by atoms with Crippen LogP contribution in [0.15, 0.2) is 30.3 Å². The number of fused-ring (bicyclic) bond motifs is 1. The number of aromatic nitrogens is 2. The van der Waals surface area contributed by atoms with Crippen LogP contribution in [0, 0.1) is 0 Å². The molecule has 0 bridgehead atoms. The van der Waals surface area contributed by atoms with E-state index in [1.165, 1.54) is 6.42 Å². The van der Waals surface area contributed by atoms with Crippen molar-refractivity contribution in [1.29, 1.82) is 0 Å². The van der Waals surface area contributed by atoms with Crippen LogP contribution >= 0.6 is 0 Å². The van der Waals surface area contributed by atoms with Crippen LogP contribution in [0.1, 0.15) is 45.8 Å². The average molecular weight is 368 g/mol. The van der Waals surface area contributed by atoms with Crippen LogP contribution in [0.5, 0.6) is 5.75 Å². The zero-order chi connectivity index (χ0) is 18.8. The molecule has 2 aliphatic heterocycles. The number of carbonyl (C=O) groups is 2. The van der Waals surface area contributed by atoms with E-state index in [1.54, 1.807) is 22.8 Å². The van der Waals surface area contributed by atoms with Gasteiger partial charge in [-0.25, -0.2) is 0 Å². The maximum atomic E-state index is 12.9.